The molecule has 1 saturated heterocycles. The van der Waals surface area contributed by atoms with Crippen LogP contribution in [0.4, 0.5) is 30.4 Å². The van der Waals surface area contributed by atoms with Crippen molar-refractivity contribution in [3.63, 3.8) is 0 Å². The average molecular weight is 505 g/mol. The normalized spacial score (nSPS) is 15.9. The minimum atomic E-state index is -4.74. The van der Waals surface area contributed by atoms with Gasteiger partial charge in [0.05, 0.1) is 21.9 Å². The number of nitrogens with zero attached hydrogens (tertiary/aromatic N) is 4. The second-order valence-electron chi connectivity index (χ2n) is 9.25. The third kappa shape index (κ3) is 5.27. The van der Waals surface area contributed by atoms with Crippen LogP contribution in [0.1, 0.15) is 36.9 Å². The Morgan fingerprint density at radius 3 is 2.47 bits per heavy atom. The molecule has 0 spiro atoms. The number of H-pyrrole nitrogens is 1. The summed E-state index contributed by atoms with van der Waals surface area (Å²) in [6, 6.07) is 7.63. The molecule has 0 amide bonds. The maximum atomic E-state index is 13.3. The van der Waals surface area contributed by atoms with E-state index < -0.39 is 34.0 Å². The number of halogens is 3. The van der Waals surface area contributed by atoms with Crippen LogP contribution in [0.15, 0.2) is 41.2 Å². The van der Waals surface area contributed by atoms with Gasteiger partial charge in [-0.15, -0.1) is 0 Å². The number of rotatable bonds is 6. The molecule has 0 radical (unpaired) electrons. The number of hydrogen-bond acceptors (Lipinski definition) is 7. The van der Waals surface area contributed by atoms with Gasteiger partial charge in [0.1, 0.15) is 0 Å². The van der Waals surface area contributed by atoms with Crippen molar-refractivity contribution in [2.45, 2.75) is 38.0 Å². The molecule has 1 aromatic heterocycles. The first-order valence-electron chi connectivity index (χ1n) is 11.5. The number of anilines is 2. The van der Waals surface area contributed by atoms with Gasteiger partial charge in [-0.3, -0.25) is 14.9 Å². The fourth-order valence-corrected chi connectivity index (χ4v) is 4.54. The van der Waals surface area contributed by atoms with Crippen molar-refractivity contribution in [2.75, 3.05) is 37.4 Å². The lowest BCUT2D eigenvalue weighted by atomic mass is 10.0. The van der Waals surface area contributed by atoms with Crippen molar-refractivity contribution < 1.29 is 18.1 Å². The van der Waals surface area contributed by atoms with E-state index in [1.807, 2.05) is 12.1 Å². The van der Waals surface area contributed by atoms with Crippen LogP contribution in [-0.2, 0) is 6.18 Å². The maximum Gasteiger partial charge on any atom is 0.416 e. The summed E-state index contributed by atoms with van der Waals surface area (Å²) >= 11 is 0. The second kappa shape index (κ2) is 9.76. The summed E-state index contributed by atoms with van der Waals surface area (Å²) in [5.41, 5.74) is -1.17. The summed E-state index contributed by atoms with van der Waals surface area (Å²) in [5, 5.41) is 21.6. The predicted molar refractivity (Wildman–Crippen MR) is 131 cm³/mol. The van der Waals surface area contributed by atoms with Crippen molar-refractivity contribution in [3.05, 3.63) is 68.0 Å². The maximum absolute atomic E-state index is 13.3. The highest BCUT2D eigenvalue weighted by Crippen LogP contribution is 2.35. The second-order valence-corrected chi connectivity index (χ2v) is 9.25. The monoisotopic (exact) mass is 504 g/mol. The summed E-state index contributed by atoms with van der Waals surface area (Å²) in [6.07, 6.45) is -2.75. The van der Waals surface area contributed by atoms with Crippen molar-refractivity contribution in [3.8, 4) is 0 Å². The molecule has 0 saturated carbocycles. The van der Waals surface area contributed by atoms with E-state index in [2.05, 4.69) is 39.4 Å². The topological polar surface area (TPSA) is 107 Å². The molecule has 9 nitrogen and oxygen atoms in total. The van der Waals surface area contributed by atoms with Crippen LogP contribution in [-0.4, -0.2) is 53.2 Å². The molecule has 12 heteroatoms. The number of nitro groups is 1. The Hall–Kier alpha value is -3.67. The Morgan fingerprint density at radius 1 is 1.17 bits per heavy atom. The first-order chi connectivity index (χ1) is 16.9. The summed E-state index contributed by atoms with van der Waals surface area (Å²) < 4.78 is 40.0. The van der Waals surface area contributed by atoms with Gasteiger partial charge in [-0.25, -0.2) is 5.10 Å². The Balaban J connectivity index is 1.67. The molecule has 0 aliphatic carbocycles. The quantitative estimate of drug-likeness (QED) is 0.375. The van der Waals surface area contributed by atoms with E-state index in [0.717, 1.165) is 43.8 Å². The van der Waals surface area contributed by atoms with E-state index in [1.54, 1.807) is 13.0 Å². The van der Waals surface area contributed by atoms with Crippen LogP contribution >= 0.6 is 0 Å². The summed E-state index contributed by atoms with van der Waals surface area (Å²) in [6.45, 7) is 3.27. The van der Waals surface area contributed by atoms with Gasteiger partial charge < -0.3 is 15.1 Å². The molecule has 4 rings (SSSR count). The van der Waals surface area contributed by atoms with Gasteiger partial charge >= 0.3 is 6.18 Å². The molecule has 36 heavy (non-hydrogen) atoms. The lowest BCUT2D eigenvalue weighted by Gasteiger charge is -2.36. The SMILES string of the molecule is CC(Nc1n[nH]c(=O)c2ccc(N3CCC(N(C)C)CC3)cc12)c1cc([N+](=O)[O-])cc(C(F)(F)F)c1. The van der Waals surface area contributed by atoms with Gasteiger partial charge in [0.25, 0.3) is 11.2 Å². The van der Waals surface area contributed by atoms with E-state index in [1.165, 1.54) is 0 Å². The number of hydrogen-bond donors (Lipinski definition) is 2. The van der Waals surface area contributed by atoms with Crippen LogP contribution < -0.4 is 15.8 Å². The van der Waals surface area contributed by atoms with Crippen LogP contribution in [0, 0.1) is 10.1 Å². The highest BCUT2D eigenvalue weighted by atomic mass is 19.4. The Morgan fingerprint density at radius 2 is 1.86 bits per heavy atom. The predicted octanol–water partition coefficient (Wildman–Crippen LogP) is 4.55. The Bertz CT molecular complexity index is 1330. The minimum absolute atomic E-state index is 0.0691. The lowest BCUT2D eigenvalue weighted by Crippen LogP contribution is -2.42. The van der Waals surface area contributed by atoms with E-state index in [4.69, 9.17) is 0 Å². The van der Waals surface area contributed by atoms with Gasteiger partial charge in [0, 0.05) is 42.3 Å². The highest BCUT2D eigenvalue weighted by Gasteiger charge is 2.33. The molecule has 2 heterocycles. The fraction of sp³-hybridized carbons (Fsp3) is 0.417. The van der Waals surface area contributed by atoms with Gasteiger partial charge in [0.15, 0.2) is 5.82 Å². The van der Waals surface area contributed by atoms with E-state index in [0.29, 0.717) is 22.9 Å². The molecule has 1 aliphatic rings. The number of piperidine rings is 1. The van der Waals surface area contributed by atoms with Crippen molar-refractivity contribution in [1.82, 2.24) is 15.1 Å². The molecule has 192 valence electrons. The molecule has 1 unspecified atom stereocenters. The summed E-state index contributed by atoms with van der Waals surface area (Å²) in [5.74, 6) is 0.266. The molecule has 0 bridgehead atoms. The number of aromatic amines is 1. The van der Waals surface area contributed by atoms with Gasteiger partial charge in [0.2, 0.25) is 0 Å². The summed E-state index contributed by atoms with van der Waals surface area (Å²) in [4.78, 5) is 27.2. The zero-order valence-corrected chi connectivity index (χ0v) is 20.1. The molecule has 3 aromatic rings. The zero-order chi connectivity index (χ0) is 26.2. The standard InChI is InChI=1S/C24H27F3N6O3/c1-14(15-10-16(24(25,26)27)12-19(11-15)33(35)36)28-22-21-13-18(4-5-20(21)23(34)30-29-22)32-8-6-17(7-9-32)31(2)3/h4-5,10-14,17H,6-9H2,1-3H3,(H,28,29)(H,30,34). The van der Waals surface area contributed by atoms with Crippen LogP contribution in [0.3, 0.4) is 0 Å². The van der Waals surface area contributed by atoms with Crippen LogP contribution in [0.25, 0.3) is 10.8 Å². The van der Waals surface area contributed by atoms with Gasteiger partial charge in [-0.05, 0) is 63.7 Å². The number of nitro benzene ring substituents is 1. The average Bonchev–Trinajstić information content (AvgIpc) is 2.84. The number of aromatic nitrogens is 2. The van der Waals surface area contributed by atoms with E-state index >= 15 is 0 Å². The van der Waals surface area contributed by atoms with Gasteiger partial charge in [-0.2, -0.15) is 18.3 Å². The first kappa shape index (κ1) is 25.4. The Kier molecular flexibility index (Phi) is 6.90. The Labute approximate surface area is 205 Å². The molecule has 1 atom stereocenters. The van der Waals surface area contributed by atoms with Gasteiger partial charge in [-0.1, -0.05) is 0 Å². The van der Waals surface area contributed by atoms with Crippen LogP contribution in [0.5, 0.6) is 0 Å². The zero-order valence-electron chi connectivity index (χ0n) is 20.1. The van der Waals surface area contributed by atoms with E-state index in [-0.39, 0.29) is 11.4 Å². The van der Waals surface area contributed by atoms with Crippen molar-refractivity contribution >= 4 is 28.0 Å². The molecule has 1 fully saturated rings. The molecule has 1 aliphatic heterocycles. The number of alkyl halides is 3. The largest absolute Gasteiger partial charge is 0.416 e. The lowest BCUT2D eigenvalue weighted by molar-refractivity contribution is -0.385. The molecule has 2 N–H and O–H groups in total. The van der Waals surface area contributed by atoms with E-state index in [9.17, 15) is 28.1 Å². The summed E-state index contributed by atoms with van der Waals surface area (Å²) in [7, 11) is 4.12. The third-order valence-corrected chi connectivity index (χ3v) is 6.66. The number of nitrogens with one attached hydrogen (secondary N) is 2. The smallest absolute Gasteiger partial charge is 0.371 e. The molecular formula is C24H27F3N6O3. The van der Waals surface area contributed by atoms with Crippen molar-refractivity contribution in [2.24, 2.45) is 0 Å². The number of non-ortho nitro benzene ring substituents is 1. The minimum Gasteiger partial charge on any atom is -0.371 e. The number of fused-ring (bicyclic) bond motifs is 1. The number of benzene rings is 2. The first-order valence-corrected chi connectivity index (χ1v) is 11.5. The molecule has 2 aromatic carbocycles. The fourth-order valence-electron chi connectivity index (χ4n) is 4.54. The highest BCUT2D eigenvalue weighted by molar-refractivity contribution is 5.93. The van der Waals surface area contributed by atoms with Crippen molar-refractivity contribution in [1.29, 1.82) is 0 Å². The third-order valence-electron chi connectivity index (χ3n) is 6.66. The van der Waals surface area contributed by atoms with Crippen LogP contribution in [0.2, 0.25) is 0 Å². The molecular weight excluding hydrogens is 477 g/mol.